The highest BCUT2D eigenvalue weighted by Gasteiger charge is 2.21. The van der Waals surface area contributed by atoms with Crippen molar-refractivity contribution < 1.29 is 0 Å². The summed E-state index contributed by atoms with van der Waals surface area (Å²) in [5.74, 6) is 0.701. The highest BCUT2D eigenvalue weighted by Crippen LogP contribution is 2.33. The smallest absolute Gasteiger partial charge is 0.0389 e. The lowest BCUT2D eigenvalue weighted by Crippen LogP contribution is -2.28. The van der Waals surface area contributed by atoms with E-state index in [-0.39, 0.29) is 12.4 Å². The van der Waals surface area contributed by atoms with E-state index in [4.69, 9.17) is 0 Å². The molecule has 12 heavy (non-hydrogen) atoms. The van der Waals surface area contributed by atoms with Gasteiger partial charge in [-0.15, -0.1) is 23.7 Å². The fourth-order valence-corrected chi connectivity index (χ4v) is 2.70. The first-order valence-electron chi connectivity index (χ1n) is 4.09. The van der Waals surface area contributed by atoms with Gasteiger partial charge in [0.15, 0.2) is 0 Å². The molecule has 1 aliphatic rings. The Kier molecular flexibility index (Phi) is 3.16. The third kappa shape index (κ3) is 1.51. The van der Waals surface area contributed by atoms with Crippen molar-refractivity contribution in [3.63, 3.8) is 0 Å². The third-order valence-electron chi connectivity index (χ3n) is 2.38. The molecule has 0 saturated carbocycles. The van der Waals surface area contributed by atoms with Crippen LogP contribution >= 0.6 is 23.7 Å². The Morgan fingerprint density at radius 2 is 2.25 bits per heavy atom. The number of halogens is 1. The van der Waals surface area contributed by atoms with Crippen LogP contribution in [0.2, 0.25) is 0 Å². The molecule has 2 unspecified atom stereocenters. The Morgan fingerprint density at radius 1 is 1.50 bits per heavy atom. The number of fused-ring (bicyclic) bond motifs is 1. The topological polar surface area (TPSA) is 12.0 Å². The van der Waals surface area contributed by atoms with E-state index in [1.165, 1.54) is 4.88 Å². The van der Waals surface area contributed by atoms with E-state index in [9.17, 15) is 0 Å². The molecule has 0 aromatic carbocycles. The molecular weight excluding hydrogens is 190 g/mol. The maximum atomic E-state index is 3.48. The Morgan fingerprint density at radius 3 is 2.92 bits per heavy atom. The van der Waals surface area contributed by atoms with Crippen molar-refractivity contribution >= 4 is 23.7 Å². The third-order valence-corrected chi connectivity index (χ3v) is 3.50. The van der Waals surface area contributed by atoms with Gasteiger partial charge in [0, 0.05) is 17.5 Å². The number of hydrogen-bond donors (Lipinski definition) is 1. The van der Waals surface area contributed by atoms with E-state index in [2.05, 4.69) is 30.6 Å². The lowest BCUT2D eigenvalue weighted by molar-refractivity contribution is 0.504. The summed E-state index contributed by atoms with van der Waals surface area (Å²) in [6, 6.07) is 2.84. The van der Waals surface area contributed by atoms with Gasteiger partial charge in [0.1, 0.15) is 0 Å². The molecule has 2 atom stereocenters. The second-order valence-corrected chi connectivity index (χ2v) is 4.22. The Bertz CT molecular complexity index is 234. The van der Waals surface area contributed by atoms with Crippen LogP contribution in [0.1, 0.15) is 36.2 Å². The fourth-order valence-electron chi connectivity index (χ4n) is 1.65. The molecule has 0 fully saturated rings. The Hall–Kier alpha value is -0.0500. The summed E-state index contributed by atoms with van der Waals surface area (Å²) >= 11 is 1.87. The standard InChI is InChI=1S/C9H13NS.ClH/c1-6-5-10-7(2)9-8(6)3-4-11-9;/h3-4,6-7,10H,5H2,1-2H3;1H. The normalized spacial score (nSPS) is 27.5. The van der Waals surface area contributed by atoms with Gasteiger partial charge in [-0.25, -0.2) is 0 Å². The fraction of sp³-hybridized carbons (Fsp3) is 0.556. The molecular formula is C9H14ClNS. The van der Waals surface area contributed by atoms with Gasteiger partial charge in [-0.1, -0.05) is 6.92 Å². The van der Waals surface area contributed by atoms with Crippen molar-refractivity contribution in [1.29, 1.82) is 0 Å². The second kappa shape index (κ2) is 3.77. The first kappa shape index (κ1) is 10.0. The summed E-state index contributed by atoms with van der Waals surface area (Å²) in [6.07, 6.45) is 0. The lowest BCUT2D eigenvalue weighted by atomic mass is 9.95. The van der Waals surface area contributed by atoms with E-state index in [1.54, 1.807) is 5.56 Å². The minimum atomic E-state index is 0. The molecule has 1 nitrogen and oxygen atoms in total. The van der Waals surface area contributed by atoms with Gasteiger partial charge < -0.3 is 5.32 Å². The van der Waals surface area contributed by atoms with Crippen molar-refractivity contribution in [2.24, 2.45) is 0 Å². The Balaban J connectivity index is 0.000000720. The largest absolute Gasteiger partial charge is 0.309 e. The molecule has 2 heterocycles. The van der Waals surface area contributed by atoms with Crippen molar-refractivity contribution in [3.8, 4) is 0 Å². The molecule has 3 heteroatoms. The van der Waals surface area contributed by atoms with Gasteiger partial charge in [-0.05, 0) is 29.9 Å². The van der Waals surface area contributed by atoms with Crippen molar-refractivity contribution in [2.45, 2.75) is 25.8 Å². The number of thiophene rings is 1. The van der Waals surface area contributed by atoms with Crippen LogP contribution in [0.15, 0.2) is 11.4 Å². The zero-order valence-electron chi connectivity index (χ0n) is 7.33. The summed E-state index contributed by atoms with van der Waals surface area (Å²) in [4.78, 5) is 1.53. The predicted molar refractivity (Wildman–Crippen MR) is 56.4 cm³/mol. The van der Waals surface area contributed by atoms with Gasteiger partial charge in [0.05, 0.1) is 0 Å². The van der Waals surface area contributed by atoms with Gasteiger partial charge in [0.25, 0.3) is 0 Å². The van der Waals surface area contributed by atoms with E-state index in [1.807, 2.05) is 11.3 Å². The van der Waals surface area contributed by atoms with Crippen LogP contribution in [-0.4, -0.2) is 6.54 Å². The highest BCUT2D eigenvalue weighted by molar-refractivity contribution is 7.10. The summed E-state index contributed by atoms with van der Waals surface area (Å²) < 4.78 is 0. The number of rotatable bonds is 0. The molecule has 0 amide bonds. The average Bonchev–Trinajstić information content (AvgIpc) is 2.45. The van der Waals surface area contributed by atoms with Crippen LogP contribution in [0.4, 0.5) is 0 Å². The quantitative estimate of drug-likeness (QED) is 0.684. The first-order valence-corrected chi connectivity index (χ1v) is 4.97. The molecule has 0 spiro atoms. The monoisotopic (exact) mass is 203 g/mol. The second-order valence-electron chi connectivity index (χ2n) is 3.27. The summed E-state index contributed by atoms with van der Waals surface area (Å²) in [6.45, 7) is 5.65. The molecule has 0 radical (unpaired) electrons. The molecule has 68 valence electrons. The predicted octanol–water partition coefficient (Wildman–Crippen LogP) is 2.94. The zero-order valence-corrected chi connectivity index (χ0v) is 8.97. The van der Waals surface area contributed by atoms with Crippen LogP contribution in [0.3, 0.4) is 0 Å². The summed E-state index contributed by atoms with van der Waals surface area (Å²) in [5.41, 5.74) is 1.56. The molecule has 0 aliphatic carbocycles. The summed E-state index contributed by atoms with van der Waals surface area (Å²) in [7, 11) is 0. The van der Waals surface area contributed by atoms with Gasteiger partial charge in [-0.3, -0.25) is 0 Å². The van der Waals surface area contributed by atoms with E-state index >= 15 is 0 Å². The van der Waals surface area contributed by atoms with Crippen LogP contribution in [-0.2, 0) is 0 Å². The number of hydrogen-bond acceptors (Lipinski definition) is 2. The molecule has 0 bridgehead atoms. The minimum Gasteiger partial charge on any atom is -0.309 e. The molecule has 1 aliphatic heterocycles. The molecule has 0 saturated heterocycles. The first-order chi connectivity index (χ1) is 5.29. The Labute approximate surface area is 83.6 Å². The molecule has 1 N–H and O–H groups in total. The van der Waals surface area contributed by atoms with Crippen LogP contribution < -0.4 is 5.32 Å². The van der Waals surface area contributed by atoms with E-state index < -0.39 is 0 Å². The van der Waals surface area contributed by atoms with Crippen LogP contribution in [0.5, 0.6) is 0 Å². The maximum Gasteiger partial charge on any atom is 0.0389 e. The van der Waals surface area contributed by atoms with E-state index in [0.29, 0.717) is 12.0 Å². The van der Waals surface area contributed by atoms with Crippen molar-refractivity contribution in [1.82, 2.24) is 5.32 Å². The SMILES string of the molecule is CC1CNC(C)c2sccc21.Cl. The lowest BCUT2D eigenvalue weighted by Gasteiger charge is -2.25. The van der Waals surface area contributed by atoms with Crippen LogP contribution in [0, 0.1) is 0 Å². The van der Waals surface area contributed by atoms with E-state index in [0.717, 1.165) is 6.54 Å². The molecule has 1 aromatic heterocycles. The maximum absolute atomic E-state index is 3.48. The summed E-state index contributed by atoms with van der Waals surface area (Å²) in [5, 5.41) is 5.68. The van der Waals surface area contributed by atoms with Gasteiger partial charge in [-0.2, -0.15) is 0 Å². The van der Waals surface area contributed by atoms with Crippen molar-refractivity contribution in [2.75, 3.05) is 6.54 Å². The zero-order chi connectivity index (χ0) is 7.84. The molecule has 1 aromatic rings. The number of nitrogens with one attached hydrogen (secondary N) is 1. The van der Waals surface area contributed by atoms with Gasteiger partial charge in [0.2, 0.25) is 0 Å². The minimum absolute atomic E-state index is 0. The van der Waals surface area contributed by atoms with Gasteiger partial charge >= 0.3 is 0 Å². The molecule has 2 rings (SSSR count). The average molecular weight is 204 g/mol. The van der Waals surface area contributed by atoms with Crippen molar-refractivity contribution in [3.05, 3.63) is 21.9 Å². The highest BCUT2D eigenvalue weighted by atomic mass is 35.5. The van der Waals surface area contributed by atoms with Crippen LogP contribution in [0.25, 0.3) is 0 Å².